The van der Waals surface area contributed by atoms with Crippen LogP contribution in [0.15, 0.2) is 45.7 Å². The van der Waals surface area contributed by atoms with E-state index in [1.54, 1.807) is 33.2 Å². The first-order valence-corrected chi connectivity index (χ1v) is 14.5. The highest BCUT2D eigenvalue weighted by molar-refractivity contribution is 7.93. The highest BCUT2D eigenvalue weighted by Gasteiger charge is 2.41. The monoisotopic (exact) mass is 548 g/mol. The van der Waals surface area contributed by atoms with E-state index in [9.17, 15) is 22.2 Å². The Kier molecular flexibility index (Phi) is 7.02. The summed E-state index contributed by atoms with van der Waals surface area (Å²) in [5.74, 6) is -0.240. The van der Waals surface area contributed by atoms with Gasteiger partial charge < -0.3 is 10.1 Å². The topological polar surface area (TPSA) is 85.6 Å². The number of rotatable bonds is 7. The largest absolute Gasteiger partial charge is 0.378 e. The van der Waals surface area contributed by atoms with Crippen LogP contribution in [0.2, 0.25) is 0 Å². The molecule has 3 heterocycles. The highest BCUT2D eigenvalue weighted by atomic mass is 32.2. The molecule has 1 aliphatic heterocycles. The Balaban J connectivity index is 1.54. The molecule has 1 saturated carbocycles. The molecule has 0 unspecified atom stereocenters. The number of aromatic nitrogens is 2. The molecule has 1 aliphatic carbocycles. The number of fused-ring (bicyclic) bond motifs is 1. The van der Waals surface area contributed by atoms with Gasteiger partial charge in [-0.1, -0.05) is 18.2 Å². The summed E-state index contributed by atoms with van der Waals surface area (Å²) in [4.78, 5) is 17.9. The van der Waals surface area contributed by atoms with Crippen LogP contribution in [0.3, 0.4) is 0 Å². The second-order valence-electron chi connectivity index (χ2n) is 10.2. The van der Waals surface area contributed by atoms with Gasteiger partial charge in [0.05, 0.1) is 28.8 Å². The van der Waals surface area contributed by atoms with Crippen molar-refractivity contribution in [3.05, 3.63) is 69.4 Å². The van der Waals surface area contributed by atoms with Crippen LogP contribution in [0, 0.1) is 5.82 Å². The molecule has 11 heteroatoms. The number of alkyl halides is 2. The van der Waals surface area contributed by atoms with Gasteiger partial charge in [-0.2, -0.15) is 0 Å². The van der Waals surface area contributed by atoms with E-state index in [-0.39, 0.29) is 17.2 Å². The van der Waals surface area contributed by atoms with Crippen LogP contribution in [0.4, 0.5) is 18.9 Å². The fraction of sp³-hybridized carbons (Fsp3) is 0.481. The van der Waals surface area contributed by atoms with Gasteiger partial charge in [0.2, 0.25) is 0 Å². The number of hydrogen-bond donors (Lipinski definition) is 1. The summed E-state index contributed by atoms with van der Waals surface area (Å²) in [6, 6.07) is 6.92. The standard InChI is InChI=1S/C27H31F3N4O3S/c1-16(18-5-4-6-19(23(18)28)24(29)30)32-22-9-12-31-25-20(22)15-21(26(35)34(25)2)27(37-3)10-13-38(36,14-11-27)33-17-7-8-17/h4-6,9,12,15-17,24H,7-8,10-11,13-14H2,1-3H3,(H,31,32)/t16-,27?,38?/m1/s1. The molecule has 2 fully saturated rings. The Morgan fingerprint density at radius 2 is 1.89 bits per heavy atom. The average Bonchev–Trinajstić information content (AvgIpc) is 3.71. The molecule has 7 nitrogen and oxygen atoms in total. The van der Waals surface area contributed by atoms with Crippen LogP contribution in [-0.2, 0) is 27.1 Å². The Hall–Kier alpha value is -2.92. The second kappa shape index (κ2) is 10.00. The van der Waals surface area contributed by atoms with E-state index in [0.717, 1.165) is 18.9 Å². The van der Waals surface area contributed by atoms with Crippen LogP contribution in [-0.4, -0.2) is 38.4 Å². The first-order chi connectivity index (χ1) is 18.1. The van der Waals surface area contributed by atoms with E-state index >= 15 is 0 Å². The Morgan fingerprint density at radius 1 is 1.21 bits per heavy atom. The maximum absolute atomic E-state index is 14.8. The molecule has 3 aromatic rings. The SMILES string of the molecule is COC1(c2cc3c(N[C@H](C)c4cccc(C(F)F)c4F)ccnc3n(C)c2=O)CCS(=O)(=NC2CC2)CC1. The van der Waals surface area contributed by atoms with Gasteiger partial charge in [-0.25, -0.2) is 26.7 Å². The van der Waals surface area contributed by atoms with Gasteiger partial charge in [-0.3, -0.25) is 9.36 Å². The summed E-state index contributed by atoms with van der Waals surface area (Å²) in [5, 5.41) is 3.82. The number of aryl methyl sites for hydroxylation is 1. The predicted octanol–water partition coefficient (Wildman–Crippen LogP) is 5.45. The number of anilines is 1. The van der Waals surface area contributed by atoms with Crippen LogP contribution in [0.1, 0.15) is 61.8 Å². The van der Waals surface area contributed by atoms with Gasteiger partial charge in [-0.15, -0.1) is 0 Å². The molecule has 0 bridgehead atoms. The fourth-order valence-electron chi connectivity index (χ4n) is 5.21. The van der Waals surface area contributed by atoms with Gasteiger partial charge in [0.1, 0.15) is 11.5 Å². The van der Waals surface area contributed by atoms with E-state index in [4.69, 9.17) is 4.74 Å². The lowest BCUT2D eigenvalue weighted by Gasteiger charge is -2.37. The summed E-state index contributed by atoms with van der Waals surface area (Å²) in [6.07, 6.45) is 1.36. The van der Waals surface area contributed by atoms with Crippen molar-refractivity contribution in [2.75, 3.05) is 23.9 Å². The van der Waals surface area contributed by atoms with E-state index in [0.29, 0.717) is 46.6 Å². The number of ether oxygens (including phenoxy) is 1. The van der Waals surface area contributed by atoms with Gasteiger partial charge in [0.15, 0.2) is 0 Å². The van der Waals surface area contributed by atoms with Gasteiger partial charge >= 0.3 is 0 Å². The first kappa shape index (κ1) is 26.7. The van der Waals surface area contributed by atoms with Gasteiger partial charge in [0.25, 0.3) is 12.0 Å². The number of methoxy groups -OCH3 is 1. The van der Waals surface area contributed by atoms with Crippen LogP contribution in [0.5, 0.6) is 0 Å². The van der Waals surface area contributed by atoms with Crippen molar-refractivity contribution >= 4 is 26.4 Å². The Bertz CT molecular complexity index is 1550. The maximum atomic E-state index is 14.8. The third kappa shape index (κ3) is 4.82. The number of benzene rings is 1. The summed E-state index contributed by atoms with van der Waals surface area (Å²) in [5.41, 5.74) is -0.336. The number of pyridine rings is 2. The van der Waals surface area contributed by atoms with E-state index in [2.05, 4.69) is 14.7 Å². The second-order valence-corrected chi connectivity index (χ2v) is 12.7. The van der Waals surface area contributed by atoms with Crippen molar-refractivity contribution in [3.63, 3.8) is 0 Å². The zero-order valence-electron chi connectivity index (χ0n) is 21.5. The lowest BCUT2D eigenvalue weighted by Crippen LogP contribution is -2.43. The molecule has 1 atom stereocenters. The molecule has 0 spiro atoms. The van der Waals surface area contributed by atoms with Gasteiger partial charge in [0, 0.05) is 58.2 Å². The minimum absolute atomic E-state index is 0.104. The van der Waals surface area contributed by atoms with Crippen molar-refractivity contribution in [1.29, 1.82) is 0 Å². The fourth-order valence-corrected chi connectivity index (χ4v) is 7.67. The third-order valence-electron chi connectivity index (χ3n) is 7.66. The molecule has 1 saturated heterocycles. The van der Waals surface area contributed by atoms with Crippen molar-refractivity contribution in [3.8, 4) is 0 Å². The number of nitrogens with one attached hydrogen (secondary N) is 1. The lowest BCUT2D eigenvalue weighted by molar-refractivity contribution is -0.0241. The third-order valence-corrected chi connectivity index (χ3v) is 10.0. The highest BCUT2D eigenvalue weighted by Crippen LogP contribution is 2.39. The molecule has 38 heavy (non-hydrogen) atoms. The molecule has 0 amide bonds. The minimum atomic E-state index is -2.92. The van der Waals surface area contributed by atoms with E-state index in [1.165, 1.54) is 22.9 Å². The normalized spacial score (nSPS) is 24.5. The molecule has 1 aromatic carbocycles. The molecule has 0 radical (unpaired) electrons. The summed E-state index contributed by atoms with van der Waals surface area (Å²) in [7, 11) is 0.849. The maximum Gasteiger partial charge on any atom is 0.266 e. The molecular formula is C27H31F3N4O3S. The molecule has 204 valence electrons. The molecule has 5 rings (SSSR count). The van der Waals surface area contributed by atoms with Crippen LogP contribution < -0.4 is 10.9 Å². The van der Waals surface area contributed by atoms with Gasteiger partial charge in [-0.05, 0) is 44.7 Å². The molecule has 2 aliphatic rings. The quantitative estimate of drug-likeness (QED) is 0.425. The number of hydrogen-bond acceptors (Lipinski definition) is 6. The zero-order valence-corrected chi connectivity index (χ0v) is 22.4. The lowest BCUT2D eigenvalue weighted by atomic mass is 9.88. The summed E-state index contributed by atoms with van der Waals surface area (Å²) < 4.78 is 66.6. The zero-order chi connectivity index (χ0) is 27.2. The molecule has 2 aromatic heterocycles. The van der Waals surface area contributed by atoms with Crippen molar-refractivity contribution < 1.29 is 22.1 Å². The van der Waals surface area contributed by atoms with Crippen LogP contribution in [0.25, 0.3) is 11.0 Å². The number of halogens is 3. The predicted molar refractivity (Wildman–Crippen MR) is 142 cm³/mol. The molecular weight excluding hydrogens is 517 g/mol. The average molecular weight is 549 g/mol. The van der Waals surface area contributed by atoms with Crippen molar-refractivity contribution in [1.82, 2.24) is 9.55 Å². The molecule has 1 N–H and O–H groups in total. The van der Waals surface area contributed by atoms with E-state index < -0.39 is 39.2 Å². The van der Waals surface area contributed by atoms with Crippen molar-refractivity contribution in [2.45, 2.75) is 56.7 Å². The number of nitrogens with zero attached hydrogens (tertiary/aromatic N) is 3. The smallest absolute Gasteiger partial charge is 0.266 e. The Morgan fingerprint density at radius 3 is 2.53 bits per heavy atom. The van der Waals surface area contributed by atoms with Crippen molar-refractivity contribution in [2.24, 2.45) is 11.4 Å². The first-order valence-electron chi connectivity index (χ1n) is 12.7. The van der Waals surface area contributed by atoms with Crippen LogP contribution >= 0.6 is 0 Å². The summed E-state index contributed by atoms with van der Waals surface area (Å²) in [6.45, 7) is 1.68. The Labute approximate surface area is 219 Å². The van der Waals surface area contributed by atoms with E-state index in [1.807, 2.05) is 0 Å². The summed E-state index contributed by atoms with van der Waals surface area (Å²) >= 11 is 0. The minimum Gasteiger partial charge on any atom is -0.378 e.